The molecule has 0 aromatic carbocycles. The number of carbonyl (C=O) groups excluding carboxylic acids is 1. The molecule has 4 nitrogen and oxygen atoms in total. The molecule has 0 bridgehead atoms. The Morgan fingerprint density at radius 2 is 2.64 bits per heavy atom. The minimum Gasteiger partial charge on any atom is -0.354 e. The fraction of sp³-hybridized carbons (Fsp3) is 0.375. The van der Waals surface area contributed by atoms with Gasteiger partial charge in [0.15, 0.2) is 0 Å². The predicted octanol–water partition coefficient (Wildman–Crippen LogP) is 1.10. The van der Waals surface area contributed by atoms with E-state index in [1.807, 2.05) is 6.08 Å². The summed E-state index contributed by atoms with van der Waals surface area (Å²) in [6, 6.07) is 0. The van der Waals surface area contributed by atoms with Crippen LogP contribution in [-0.2, 0) is 4.79 Å². The summed E-state index contributed by atoms with van der Waals surface area (Å²) in [5, 5.41) is 11.2. The minimum absolute atomic E-state index is 0.0229. The first-order chi connectivity index (χ1) is 6.77. The molecular weight excluding hydrogens is 218 g/mol. The van der Waals surface area contributed by atoms with Gasteiger partial charge < -0.3 is 10.7 Å². The van der Waals surface area contributed by atoms with Gasteiger partial charge in [-0.05, 0) is 11.5 Å². The molecule has 0 spiro atoms. The zero-order chi connectivity index (χ0) is 10.4. The van der Waals surface area contributed by atoms with E-state index in [-0.39, 0.29) is 11.3 Å². The lowest BCUT2D eigenvalue weighted by Crippen LogP contribution is -2.27. The van der Waals surface area contributed by atoms with E-state index in [0.29, 0.717) is 11.5 Å². The monoisotopic (exact) mass is 229 g/mol. The third kappa shape index (κ3) is 3.19. The number of rotatable bonds is 4. The van der Waals surface area contributed by atoms with Gasteiger partial charge >= 0.3 is 0 Å². The van der Waals surface area contributed by atoms with Crippen LogP contribution in [0.5, 0.6) is 0 Å². The number of aliphatic imine (C=N–C) groups is 1. The molecular formula is C8H11N3OS2. The van der Waals surface area contributed by atoms with Crippen molar-refractivity contribution in [2.45, 2.75) is 5.37 Å². The zero-order valence-electron chi connectivity index (χ0n) is 7.69. The van der Waals surface area contributed by atoms with Crippen molar-refractivity contribution in [1.82, 2.24) is 5.32 Å². The molecule has 0 saturated carbocycles. The SMILES string of the molecule is CNC(=O)C1=NC(C=CSC=N)SC1. The highest BCUT2D eigenvalue weighted by Crippen LogP contribution is 2.22. The summed E-state index contributed by atoms with van der Waals surface area (Å²) in [4.78, 5) is 15.4. The summed E-state index contributed by atoms with van der Waals surface area (Å²) < 4.78 is 0. The van der Waals surface area contributed by atoms with Gasteiger partial charge in [-0.15, -0.1) is 11.8 Å². The van der Waals surface area contributed by atoms with E-state index >= 15 is 0 Å². The molecule has 1 aliphatic heterocycles. The van der Waals surface area contributed by atoms with E-state index in [4.69, 9.17) is 5.41 Å². The second-order valence-electron chi connectivity index (χ2n) is 2.44. The summed E-state index contributed by atoms with van der Waals surface area (Å²) >= 11 is 2.89. The van der Waals surface area contributed by atoms with Crippen LogP contribution in [0.15, 0.2) is 16.5 Å². The van der Waals surface area contributed by atoms with E-state index in [2.05, 4.69) is 10.3 Å². The molecule has 76 valence electrons. The van der Waals surface area contributed by atoms with Crippen LogP contribution >= 0.6 is 23.5 Å². The first-order valence-corrected chi connectivity index (χ1v) is 5.98. The van der Waals surface area contributed by atoms with Gasteiger partial charge in [0, 0.05) is 12.8 Å². The number of hydrogen-bond acceptors (Lipinski definition) is 5. The van der Waals surface area contributed by atoms with Crippen LogP contribution in [0.4, 0.5) is 0 Å². The van der Waals surface area contributed by atoms with E-state index < -0.39 is 0 Å². The molecule has 0 fully saturated rings. The lowest BCUT2D eigenvalue weighted by Gasteiger charge is -1.95. The third-order valence-electron chi connectivity index (χ3n) is 1.55. The Balaban J connectivity index is 2.49. The van der Waals surface area contributed by atoms with E-state index in [1.54, 1.807) is 24.2 Å². The Labute approximate surface area is 91.1 Å². The van der Waals surface area contributed by atoms with Crippen molar-refractivity contribution in [2.24, 2.45) is 4.99 Å². The number of nitrogens with zero attached hydrogens (tertiary/aromatic N) is 1. The van der Waals surface area contributed by atoms with Gasteiger partial charge in [0.1, 0.15) is 11.1 Å². The lowest BCUT2D eigenvalue weighted by molar-refractivity contribution is -0.114. The van der Waals surface area contributed by atoms with Crippen LogP contribution in [0.3, 0.4) is 0 Å². The van der Waals surface area contributed by atoms with Crippen molar-refractivity contribution in [3.05, 3.63) is 11.5 Å². The van der Waals surface area contributed by atoms with Gasteiger partial charge in [-0.25, -0.2) is 0 Å². The van der Waals surface area contributed by atoms with Crippen LogP contribution in [0, 0.1) is 5.41 Å². The normalized spacial score (nSPS) is 20.9. The average Bonchev–Trinajstić information content (AvgIpc) is 2.66. The maximum absolute atomic E-state index is 11.2. The summed E-state index contributed by atoms with van der Waals surface area (Å²) in [5.41, 5.74) is 1.84. The maximum atomic E-state index is 11.2. The van der Waals surface area contributed by atoms with Crippen molar-refractivity contribution in [3.8, 4) is 0 Å². The van der Waals surface area contributed by atoms with Crippen LogP contribution < -0.4 is 5.32 Å². The van der Waals surface area contributed by atoms with Gasteiger partial charge in [0.2, 0.25) is 0 Å². The van der Waals surface area contributed by atoms with Crippen LogP contribution in [-0.4, -0.2) is 35.3 Å². The molecule has 0 aliphatic carbocycles. The van der Waals surface area contributed by atoms with Crippen molar-refractivity contribution < 1.29 is 4.79 Å². The first-order valence-electron chi connectivity index (χ1n) is 3.99. The minimum atomic E-state index is -0.104. The van der Waals surface area contributed by atoms with Crippen LogP contribution in [0.1, 0.15) is 0 Å². The summed E-state index contributed by atoms with van der Waals surface area (Å²) in [7, 11) is 1.60. The molecule has 2 N–H and O–H groups in total. The van der Waals surface area contributed by atoms with E-state index in [1.165, 1.54) is 17.3 Å². The molecule has 0 saturated heterocycles. The highest BCUT2D eigenvalue weighted by atomic mass is 32.2. The smallest absolute Gasteiger partial charge is 0.265 e. The third-order valence-corrected chi connectivity index (χ3v) is 3.05. The van der Waals surface area contributed by atoms with Gasteiger partial charge in [0.05, 0.1) is 5.55 Å². The fourth-order valence-electron chi connectivity index (χ4n) is 0.911. The van der Waals surface area contributed by atoms with Crippen molar-refractivity contribution in [1.29, 1.82) is 5.41 Å². The molecule has 1 amide bonds. The first kappa shape index (κ1) is 11.3. The molecule has 1 rings (SSSR count). The summed E-state index contributed by atoms with van der Waals surface area (Å²) in [5.74, 6) is 0.553. The highest BCUT2D eigenvalue weighted by Gasteiger charge is 2.19. The number of hydrogen-bond donors (Lipinski definition) is 2. The topological polar surface area (TPSA) is 65.3 Å². The molecule has 14 heavy (non-hydrogen) atoms. The van der Waals surface area contributed by atoms with Crippen molar-refractivity contribution in [3.63, 3.8) is 0 Å². The second kappa shape index (κ2) is 5.87. The van der Waals surface area contributed by atoms with Gasteiger partial charge in [-0.1, -0.05) is 11.8 Å². The van der Waals surface area contributed by atoms with E-state index in [9.17, 15) is 4.79 Å². The van der Waals surface area contributed by atoms with Gasteiger partial charge in [-0.2, -0.15) is 0 Å². The number of nitrogens with one attached hydrogen (secondary N) is 2. The molecule has 1 aliphatic rings. The number of carbonyl (C=O) groups is 1. The Morgan fingerprint density at radius 1 is 1.86 bits per heavy atom. The van der Waals surface area contributed by atoms with E-state index in [0.717, 1.165) is 0 Å². The van der Waals surface area contributed by atoms with Crippen LogP contribution in [0.25, 0.3) is 0 Å². The Hall–Kier alpha value is -0.750. The van der Waals surface area contributed by atoms with Crippen molar-refractivity contribution >= 4 is 40.7 Å². The molecule has 1 unspecified atom stereocenters. The van der Waals surface area contributed by atoms with Gasteiger partial charge in [0.25, 0.3) is 5.91 Å². The molecule has 6 heteroatoms. The zero-order valence-corrected chi connectivity index (χ0v) is 9.32. The molecule has 0 aromatic rings. The number of thioether (sulfide) groups is 2. The molecule has 0 radical (unpaired) electrons. The Bertz CT molecular complexity index is 288. The maximum Gasteiger partial charge on any atom is 0.265 e. The quantitative estimate of drug-likeness (QED) is 0.560. The average molecular weight is 229 g/mol. The number of amides is 1. The standard InChI is InChI=1S/C8H11N3OS2/c1-10-8(12)6-4-14-7(11-6)2-3-13-5-9/h2-3,5,7,9H,4H2,1H3,(H,10,12). The summed E-state index contributed by atoms with van der Waals surface area (Å²) in [6.07, 6.45) is 1.89. The molecule has 1 heterocycles. The van der Waals surface area contributed by atoms with Crippen LogP contribution in [0.2, 0.25) is 0 Å². The largest absolute Gasteiger partial charge is 0.354 e. The predicted molar refractivity (Wildman–Crippen MR) is 63.3 cm³/mol. The second-order valence-corrected chi connectivity index (χ2v) is 4.32. The molecule has 1 atom stereocenters. The Morgan fingerprint density at radius 3 is 3.29 bits per heavy atom. The Kier molecular flexibility index (Phi) is 4.75. The molecule has 0 aromatic heterocycles. The van der Waals surface area contributed by atoms with Gasteiger partial charge in [-0.3, -0.25) is 9.79 Å². The highest BCUT2D eigenvalue weighted by molar-refractivity contribution is 8.14. The summed E-state index contributed by atoms with van der Waals surface area (Å²) in [6.45, 7) is 0. The fourth-order valence-corrected chi connectivity index (χ4v) is 2.25. The van der Waals surface area contributed by atoms with Crippen molar-refractivity contribution in [2.75, 3.05) is 12.8 Å². The lowest BCUT2D eigenvalue weighted by atomic mass is 10.4.